The molecule has 0 rings (SSSR count). The van der Waals surface area contributed by atoms with Crippen molar-refractivity contribution in [2.45, 2.75) is 0 Å². The molecule has 0 aromatic rings. The number of nitrogens with two attached hydrogens (primary N) is 2. The van der Waals surface area contributed by atoms with Crippen LogP contribution in [0.4, 0.5) is 0 Å². The monoisotopic (exact) mass is 762 g/mol. The fourth-order valence-corrected chi connectivity index (χ4v) is 0. The van der Waals surface area contributed by atoms with Crippen LogP contribution in [0, 0.1) is 0 Å². The van der Waals surface area contributed by atoms with E-state index >= 15 is 0 Å². The molecule has 0 aliphatic carbocycles. The maximum Gasteiger partial charge on any atom is 3.00 e. The van der Waals surface area contributed by atoms with Gasteiger partial charge in [-0.2, -0.15) is 0 Å². The molecule has 0 bridgehead atoms. The fourth-order valence-electron chi connectivity index (χ4n) is 0. The number of hydrogen-bond donors (Lipinski definition) is 2. The first kappa shape index (κ1) is 42.8. The summed E-state index contributed by atoms with van der Waals surface area (Å²) < 4.78 is 0. The number of hydrogen-bond acceptors (Lipinski definition) is 0. The molecule has 0 aromatic carbocycles. The van der Waals surface area contributed by atoms with E-state index in [-0.39, 0.29) is 122 Å². The van der Waals surface area contributed by atoms with Crippen LogP contribution >= 0.6 is 0 Å². The number of halogens is 4. The first-order valence-electron chi connectivity index (χ1n) is 0.667. The quantitative estimate of drug-likeness (QED) is 0.110. The molecule has 0 amide bonds. The van der Waals surface area contributed by atoms with Gasteiger partial charge in [0.2, 0.25) is 6.34 Å². The second-order valence-corrected chi connectivity index (χ2v) is 0.192. The predicted octanol–water partition coefficient (Wildman–Crippen LogP) is -14.6. The van der Waals surface area contributed by atoms with Crippen molar-refractivity contribution in [2.24, 2.45) is 5.73 Å². The molecule has 0 aliphatic rings. The Morgan fingerprint density at radius 1 is 1.00 bits per heavy atom. The van der Waals surface area contributed by atoms with E-state index < -0.39 is 0 Å². The third-order valence-corrected chi connectivity index (χ3v) is 0. The van der Waals surface area contributed by atoms with Crippen molar-refractivity contribution >= 4 is 32.5 Å². The minimum Gasteiger partial charge on any atom is -1.00 e. The van der Waals surface area contributed by atoms with Crippen LogP contribution in [0.1, 0.15) is 0 Å². The number of rotatable bonds is 0. The van der Waals surface area contributed by atoms with Gasteiger partial charge in [-0.25, -0.2) is 0 Å². The van der Waals surface area contributed by atoms with Crippen LogP contribution in [0.2, 0.25) is 0 Å². The molecule has 0 saturated heterocycles. The van der Waals surface area contributed by atoms with E-state index in [9.17, 15) is 0 Å². The largest absolute Gasteiger partial charge is 3.00 e. The van der Waals surface area contributed by atoms with Crippen molar-refractivity contribution in [3.63, 3.8) is 0 Å². The molecule has 2 nitrogen and oxygen atoms in total. The summed E-state index contributed by atoms with van der Waals surface area (Å²) >= 11 is 0. The Hall–Kier alpha value is 3.27. The summed E-state index contributed by atoms with van der Waals surface area (Å²) in [6.45, 7) is 0. The molecular weight excluding hydrogens is 757 g/mol. The molecule has 0 aromatic heterocycles. The third kappa shape index (κ3) is 59.2. The van der Waals surface area contributed by atoms with Crippen molar-refractivity contribution in [3.05, 3.63) is 0 Å². The maximum atomic E-state index is 4.50. The van der Waals surface area contributed by atoms with Gasteiger partial charge >= 0.3 is 26.2 Å². The van der Waals surface area contributed by atoms with Gasteiger partial charge < -0.3 is 95.9 Å². The average molecular weight is 762 g/mol. The summed E-state index contributed by atoms with van der Waals surface area (Å²) in [5.74, 6) is 0. The van der Waals surface area contributed by atoms with Crippen LogP contribution in [0.3, 0.4) is 0 Å². The molecule has 0 atom stereocenters. The van der Waals surface area contributed by atoms with Gasteiger partial charge in [-0.05, 0) is 0 Å². The van der Waals surface area contributed by atoms with Crippen molar-refractivity contribution in [3.8, 4) is 0 Å². The Morgan fingerprint density at radius 3 is 1.00 bits per heavy atom. The summed E-state index contributed by atoms with van der Waals surface area (Å²) in [6, 6.07) is 0. The second kappa shape index (κ2) is 48.4. The van der Waals surface area contributed by atoms with E-state index in [1.807, 2.05) is 0 Å². The summed E-state index contributed by atoms with van der Waals surface area (Å²) in [7, 11) is 0. The van der Waals surface area contributed by atoms with Crippen LogP contribution in [0.25, 0.3) is 0 Å². The summed E-state index contributed by atoms with van der Waals surface area (Å²) in [5.41, 5.74) is 4.50. The van der Waals surface area contributed by atoms with Gasteiger partial charge in [0.15, 0.2) is 0 Å². The molecule has 8 heavy (non-hydrogen) atoms. The molecule has 7 heteroatoms. The van der Waals surface area contributed by atoms with E-state index in [0.29, 0.717) is 0 Å². The van der Waals surface area contributed by atoms with E-state index in [1.54, 1.807) is 0 Å². The minimum atomic E-state index is 0. The molecule has 0 saturated carbocycles. The standard InChI is InChI=1S/CH4N2.Bi.4HI/c2-1-3;;;;;/h1H,(H3,2,3);;4*1H/q;+3;;;;/p-3. The third-order valence-electron chi connectivity index (χ3n) is 0. The van der Waals surface area contributed by atoms with E-state index in [2.05, 4.69) is 11.1 Å². The molecule has 0 unspecified atom stereocenters. The van der Waals surface area contributed by atoms with Crippen molar-refractivity contribution in [2.75, 3.05) is 0 Å². The van der Waals surface area contributed by atoms with Gasteiger partial charge in [0.1, 0.15) is 0 Å². The average Bonchev–Trinajstić information content (AvgIpc) is 0.918. The first-order chi connectivity index (χ1) is 1.41. The molecule has 0 heterocycles. The zero-order chi connectivity index (χ0) is 2.71. The van der Waals surface area contributed by atoms with Crippen LogP contribution < -0.4 is 107 Å². The molecule has 0 spiro atoms. The van der Waals surface area contributed by atoms with Crippen LogP contribution in [0.5, 0.6) is 0 Å². The smallest absolute Gasteiger partial charge is 1.00 e. The Labute approximate surface area is 137 Å². The van der Waals surface area contributed by atoms with Gasteiger partial charge in [0.25, 0.3) is 0 Å². The SMILES string of the molecule is NC=[NH2+].[Bi+3].[I-].[I-].[I-].[I-]. The summed E-state index contributed by atoms with van der Waals surface area (Å²) in [5, 5.41) is 4.50. The van der Waals surface area contributed by atoms with E-state index in [4.69, 9.17) is 0 Å². The van der Waals surface area contributed by atoms with Crippen LogP contribution in [0.15, 0.2) is 0 Å². The van der Waals surface area contributed by atoms with Crippen LogP contribution in [-0.2, 0) is 0 Å². The van der Waals surface area contributed by atoms with Gasteiger partial charge in [0, 0.05) is 0 Å². The second-order valence-electron chi connectivity index (χ2n) is 0.192. The van der Waals surface area contributed by atoms with Crippen molar-refractivity contribution < 1.29 is 101 Å². The van der Waals surface area contributed by atoms with E-state index in [0.717, 1.165) is 6.34 Å². The van der Waals surface area contributed by atoms with Gasteiger partial charge in [0.05, 0.1) is 0 Å². The van der Waals surface area contributed by atoms with E-state index in [1.165, 1.54) is 0 Å². The topological polar surface area (TPSA) is 51.6 Å². The molecule has 4 N–H and O–H groups in total. The molecule has 0 aliphatic heterocycles. The first-order valence-corrected chi connectivity index (χ1v) is 0.667. The Bertz CT molecular complexity index is 21.5. The predicted molar refractivity (Wildman–Crippen MR) is 17.9 cm³/mol. The molecule has 52 valence electrons. The Balaban J connectivity index is -0.00000000200. The van der Waals surface area contributed by atoms with Crippen molar-refractivity contribution in [1.82, 2.24) is 0 Å². The maximum absolute atomic E-state index is 4.50. The fraction of sp³-hybridized carbons (Fsp3) is 0. The Kier molecular flexibility index (Phi) is 259. The van der Waals surface area contributed by atoms with Gasteiger partial charge in [-0.3, -0.25) is 11.1 Å². The van der Waals surface area contributed by atoms with Crippen molar-refractivity contribution in [1.29, 1.82) is 0 Å². The van der Waals surface area contributed by atoms with Crippen LogP contribution in [-0.4, -0.2) is 32.5 Å². The molecule has 2 radical (unpaired) electrons. The summed E-state index contributed by atoms with van der Waals surface area (Å²) in [6.07, 6.45) is 1.00. The molecular formula is CH5BiI4N2. The van der Waals surface area contributed by atoms with Gasteiger partial charge in [-0.1, -0.05) is 0 Å². The Morgan fingerprint density at radius 2 is 1.00 bits per heavy atom. The zero-order valence-corrected chi connectivity index (χ0v) is 15.8. The molecule has 0 fully saturated rings. The van der Waals surface area contributed by atoms with Gasteiger partial charge in [-0.15, -0.1) is 0 Å². The normalized spacial score (nSPS) is 1.50. The zero-order valence-electron chi connectivity index (χ0n) is 3.69. The minimum absolute atomic E-state index is 0. The summed E-state index contributed by atoms with van der Waals surface area (Å²) in [4.78, 5) is 0.